The lowest BCUT2D eigenvalue weighted by Crippen LogP contribution is -2.44. The second-order valence-corrected chi connectivity index (χ2v) is 9.30. The van der Waals surface area contributed by atoms with Gasteiger partial charge in [0.05, 0.1) is 22.8 Å². The van der Waals surface area contributed by atoms with Crippen molar-refractivity contribution >= 4 is 21.7 Å². The Kier molecular flexibility index (Phi) is 3.50. The van der Waals surface area contributed by atoms with Crippen molar-refractivity contribution in [2.75, 3.05) is 0 Å². The number of para-hydroxylation sites is 1. The fraction of sp³-hybridized carbons (Fsp3) is 0.259. The molecule has 5 rings (SSSR count). The lowest BCUT2D eigenvalue weighted by molar-refractivity contribution is 0.297. The summed E-state index contributed by atoms with van der Waals surface area (Å²) < 4.78 is 0. The monoisotopic (exact) mass is 376 g/mol. The van der Waals surface area contributed by atoms with E-state index >= 15 is 0 Å². The third-order valence-corrected chi connectivity index (χ3v) is 7.37. The van der Waals surface area contributed by atoms with Crippen molar-refractivity contribution in [2.24, 2.45) is 0 Å². The fourth-order valence-corrected chi connectivity index (χ4v) is 5.08. The molecular formula is C27H24N2. The number of benzene rings is 3. The van der Waals surface area contributed by atoms with Gasteiger partial charge in [0.15, 0.2) is 0 Å². The standard InChI is InChI=1S/C27H24N2/c1-16-20-12-17(15-28)10-11-18(20)13-21-24(16)27(4,5)26(2,3)22-14-19-8-6-7-9-23(19)29-25(21)22/h6-14H,1-5H3. The molecule has 0 aliphatic heterocycles. The molecule has 0 atom stereocenters. The van der Waals surface area contributed by atoms with Crippen LogP contribution in [0.25, 0.3) is 32.9 Å². The van der Waals surface area contributed by atoms with Crippen LogP contribution in [0.2, 0.25) is 0 Å². The lowest BCUT2D eigenvalue weighted by atomic mass is 9.55. The van der Waals surface area contributed by atoms with Crippen LogP contribution in [0.3, 0.4) is 0 Å². The van der Waals surface area contributed by atoms with Crippen LogP contribution in [-0.4, -0.2) is 4.98 Å². The number of nitriles is 1. The van der Waals surface area contributed by atoms with Crippen LogP contribution >= 0.6 is 0 Å². The highest BCUT2D eigenvalue weighted by molar-refractivity contribution is 5.96. The van der Waals surface area contributed by atoms with Gasteiger partial charge in [-0.25, -0.2) is 4.98 Å². The number of hydrogen-bond acceptors (Lipinski definition) is 2. The molecule has 0 unspecified atom stereocenters. The van der Waals surface area contributed by atoms with E-state index in [9.17, 15) is 5.26 Å². The second kappa shape index (κ2) is 5.67. The zero-order chi connectivity index (χ0) is 20.6. The molecule has 1 aliphatic rings. The van der Waals surface area contributed by atoms with Crippen LogP contribution in [0.4, 0.5) is 0 Å². The van der Waals surface area contributed by atoms with Crippen molar-refractivity contribution in [3.05, 3.63) is 76.9 Å². The zero-order valence-electron chi connectivity index (χ0n) is 17.6. The Hall–Kier alpha value is -3.18. The molecule has 2 nitrogen and oxygen atoms in total. The largest absolute Gasteiger partial charge is 0.247 e. The Bertz CT molecular complexity index is 1370. The minimum absolute atomic E-state index is 0.0829. The van der Waals surface area contributed by atoms with Gasteiger partial charge in [0, 0.05) is 16.4 Å². The number of aryl methyl sites for hydroxylation is 1. The molecule has 0 fully saturated rings. The number of hydrogen-bond donors (Lipinski definition) is 0. The zero-order valence-corrected chi connectivity index (χ0v) is 17.6. The first-order valence-electron chi connectivity index (χ1n) is 10.1. The molecule has 0 saturated heterocycles. The van der Waals surface area contributed by atoms with Crippen molar-refractivity contribution in [1.29, 1.82) is 5.26 Å². The minimum Gasteiger partial charge on any atom is -0.247 e. The summed E-state index contributed by atoms with van der Waals surface area (Å²) in [5.41, 5.74) is 7.80. The van der Waals surface area contributed by atoms with Crippen LogP contribution in [0, 0.1) is 18.3 Å². The summed E-state index contributed by atoms with van der Waals surface area (Å²) in [4.78, 5) is 5.15. The normalized spacial score (nSPS) is 16.3. The summed E-state index contributed by atoms with van der Waals surface area (Å²) >= 11 is 0. The maximum absolute atomic E-state index is 9.38. The summed E-state index contributed by atoms with van der Waals surface area (Å²) in [6.07, 6.45) is 0. The summed E-state index contributed by atoms with van der Waals surface area (Å²) in [5.74, 6) is 0. The lowest BCUT2D eigenvalue weighted by Gasteiger charge is -2.48. The van der Waals surface area contributed by atoms with Crippen LogP contribution in [0.5, 0.6) is 0 Å². The second-order valence-electron chi connectivity index (χ2n) is 9.30. The summed E-state index contributed by atoms with van der Waals surface area (Å²) in [6, 6.07) is 21.3. The van der Waals surface area contributed by atoms with Gasteiger partial charge in [-0.15, -0.1) is 0 Å². The molecule has 0 N–H and O–H groups in total. The maximum Gasteiger partial charge on any atom is 0.0991 e. The van der Waals surface area contributed by atoms with E-state index in [2.05, 4.69) is 83.2 Å². The van der Waals surface area contributed by atoms with Crippen LogP contribution in [-0.2, 0) is 10.8 Å². The predicted octanol–water partition coefficient (Wildman–Crippen LogP) is 6.80. The molecule has 142 valence electrons. The molecule has 4 aromatic rings. The number of nitrogens with zero attached hydrogens (tertiary/aromatic N) is 2. The summed E-state index contributed by atoms with van der Waals surface area (Å²) in [6.45, 7) is 11.6. The third-order valence-electron chi connectivity index (χ3n) is 7.37. The SMILES string of the molecule is Cc1c2c(cc3ccc(C#N)cc13)-c1nc3ccccc3cc1C(C)(C)C2(C)C. The topological polar surface area (TPSA) is 36.7 Å². The average Bonchev–Trinajstić information content (AvgIpc) is 2.71. The smallest absolute Gasteiger partial charge is 0.0991 e. The molecule has 0 spiro atoms. The van der Waals surface area contributed by atoms with Gasteiger partial charge in [-0.3, -0.25) is 0 Å². The van der Waals surface area contributed by atoms with Gasteiger partial charge in [-0.2, -0.15) is 5.26 Å². The molecule has 0 amide bonds. The Balaban J connectivity index is 1.97. The van der Waals surface area contributed by atoms with Crippen molar-refractivity contribution in [1.82, 2.24) is 4.98 Å². The van der Waals surface area contributed by atoms with Gasteiger partial charge >= 0.3 is 0 Å². The molecule has 2 heteroatoms. The predicted molar refractivity (Wildman–Crippen MR) is 120 cm³/mol. The molecule has 1 aromatic heterocycles. The Morgan fingerprint density at radius 1 is 0.862 bits per heavy atom. The van der Waals surface area contributed by atoms with Crippen LogP contribution in [0.1, 0.15) is 49.9 Å². The highest BCUT2D eigenvalue weighted by Crippen LogP contribution is 2.55. The van der Waals surface area contributed by atoms with Gasteiger partial charge in [0.2, 0.25) is 0 Å². The summed E-state index contributed by atoms with van der Waals surface area (Å²) in [7, 11) is 0. The van der Waals surface area contributed by atoms with E-state index in [1.165, 1.54) is 27.6 Å². The van der Waals surface area contributed by atoms with E-state index in [-0.39, 0.29) is 10.8 Å². The molecule has 0 bridgehead atoms. The molecule has 0 saturated carbocycles. The van der Waals surface area contributed by atoms with Gasteiger partial charge in [0.1, 0.15) is 0 Å². The van der Waals surface area contributed by atoms with E-state index < -0.39 is 0 Å². The molecule has 3 aromatic carbocycles. The number of rotatable bonds is 0. The Labute approximate surface area is 171 Å². The fourth-order valence-electron chi connectivity index (χ4n) is 5.08. The van der Waals surface area contributed by atoms with E-state index in [0.29, 0.717) is 5.56 Å². The van der Waals surface area contributed by atoms with Crippen molar-refractivity contribution < 1.29 is 0 Å². The van der Waals surface area contributed by atoms with Gasteiger partial charge in [-0.05, 0) is 70.1 Å². The first-order chi connectivity index (χ1) is 13.8. The average molecular weight is 377 g/mol. The van der Waals surface area contributed by atoms with Gasteiger partial charge < -0.3 is 0 Å². The Morgan fingerprint density at radius 2 is 1.62 bits per heavy atom. The summed E-state index contributed by atoms with van der Waals surface area (Å²) in [5, 5.41) is 12.9. The molecule has 1 aliphatic carbocycles. The molecule has 0 radical (unpaired) electrons. The molecular weight excluding hydrogens is 352 g/mol. The third kappa shape index (κ3) is 2.25. The van der Waals surface area contributed by atoms with Crippen molar-refractivity contribution in [3.8, 4) is 17.3 Å². The maximum atomic E-state index is 9.38. The minimum atomic E-state index is -0.0857. The highest BCUT2D eigenvalue weighted by atomic mass is 14.7. The molecule has 1 heterocycles. The number of aromatic nitrogens is 1. The first kappa shape index (κ1) is 17.9. The number of fused-ring (bicyclic) bond motifs is 5. The van der Waals surface area contributed by atoms with Gasteiger partial charge in [0.25, 0.3) is 0 Å². The van der Waals surface area contributed by atoms with Crippen molar-refractivity contribution in [2.45, 2.75) is 45.4 Å². The van der Waals surface area contributed by atoms with E-state index in [1.54, 1.807) is 0 Å². The van der Waals surface area contributed by atoms with Crippen molar-refractivity contribution in [3.63, 3.8) is 0 Å². The highest BCUT2D eigenvalue weighted by Gasteiger charge is 2.47. The Morgan fingerprint density at radius 3 is 2.38 bits per heavy atom. The van der Waals surface area contributed by atoms with Crippen LogP contribution < -0.4 is 0 Å². The molecule has 29 heavy (non-hydrogen) atoms. The number of pyridine rings is 1. The van der Waals surface area contributed by atoms with Gasteiger partial charge in [-0.1, -0.05) is 52.0 Å². The van der Waals surface area contributed by atoms with E-state index in [4.69, 9.17) is 4.98 Å². The van der Waals surface area contributed by atoms with Crippen LogP contribution in [0.15, 0.2) is 54.6 Å². The quantitative estimate of drug-likeness (QED) is 0.338. The van der Waals surface area contributed by atoms with E-state index in [1.807, 2.05) is 12.1 Å². The first-order valence-corrected chi connectivity index (χ1v) is 10.1. The van der Waals surface area contributed by atoms with E-state index in [0.717, 1.165) is 22.0 Å².